The third-order valence-electron chi connectivity index (χ3n) is 4.31. The summed E-state index contributed by atoms with van der Waals surface area (Å²) in [4.78, 5) is 8.53. The Hall–Kier alpha value is -1.36. The summed E-state index contributed by atoms with van der Waals surface area (Å²) in [5.74, 6) is 0.954. The molecular formula is C18H14BrCl2N3. The summed E-state index contributed by atoms with van der Waals surface area (Å²) in [6.45, 7) is 0. The van der Waals surface area contributed by atoms with Crippen LogP contribution in [0.1, 0.15) is 35.4 Å². The van der Waals surface area contributed by atoms with E-state index in [2.05, 4.69) is 32.0 Å². The first kappa shape index (κ1) is 16.1. The minimum atomic E-state index is 0.178. The van der Waals surface area contributed by atoms with E-state index in [1.54, 1.807) is 0 Å². The lowest BCUT2D eigenvalue weighted by Crippen LogP contribution is -2.02. The first-order valence-corrected chi connectivity index (χ1v) is 9.26. The van der Waals surface area contributed by atoms with E-state index in [1.807, 2.05) is 24.3 Å². The van der Waals surface area contributed by atoms with Gasteiger partial charge in [0, 0.05) is 14.9 Å². The molecule has 1 saturated carbocycles. The van der Waals surface area contributed by atoms with Crippen LogP contribution in [0.2, 0.25) is 10.3 Å². The van der Waals surface area contributed by atoms with E-state index in [1.165, 1.54) is 5.56 Å². The van der Waals surface area contributed by atoms with Crippen molar-refractivity contribution in [2.45, 2.75) is 25.2 Å². The highest BCUT2D eigenvalue weighted by Crippen LogP contribution is 2.48. The zero-order valence-electron chi connectivity index (χ0n) is 12.7. The normalized spacial score (nSPS) is 14.3. The Morgan fingerprint density at radius 1 is 1.17 bits per heavy atom. The average molecular weight is 423 g/mol. The second kappa shape index (κ2) is 6.17. The van der Waals surface area contributed by atoms with Crippen LogP contribution in [0.4, 0.5) is 5.82 Å². The number of nitrogens with two attached hydrogens (primary N) is 1. The highest BCUT2D eigenvalue weighted by atomic mass is 79.9. The molecule has 0 saturated heterocycles. The van der Waals surface area contributed by atoms with Gasteiger partial charge in [-0.1, -0.05) is 39.7 Å². The maximum Gasteiger partial charge on any atom is 0.224 e. The second-order valence-electron chi connectivity index (χ2n) is 6.12. The fourth-order valence-corrected chi connectivity index (χ4v) is 4.28. The van der Waals surface area contributed by atoms with Crippen molar-refractivity contribution in [1.29, 1.82) is 0 Å². The molecule has 3 nitrogen and oxygen atoms in total. The van der Waals surface area contributed by atoms with Crippen molar-refractivity contribution in [3.8, 4) is 0 Å². The predicted molar refractivity (Wildman–Crippen MR) is 103 cm³/mol. The number of hydrogen-bond acceptors (Lipinski definition) is 3. The van der Waals surface area contributed by atoms with Gasteiger partial charge < -0.3 is 5.73 Å². The summed E-state index contributed by atoms with van der Waals surface area (Å²) >= 11 is 15.9. The van der Waals surface area contributed by atoms with Gasteiger partial charge in [0.2, 0.25) is 5.28 Å². The van der Waals surface area contributed by atoms with Gasteiger partial charge in [-0.15, -0.1) is 0 Å². The highest BCUT2D eigenvalue weighted by molar-refractivity contribution is 9.10. The SMILES string of the molecule is Nc1nc(Cl)nc2cc(Cc3cccc(Cl)c3)c(Br)c(C3CC3)c12. The Kier molecular flexibility index (Phi) is 4.15. The van der Waals surface area contributed by atoms with Crippen LogP contribution < -0.4 is 5.73 Å². The van der Waals surface area contributed by atoms with Crippen LogP contribution in [0, 0.1) is 0 Å². The standard InChI is InChI=1S/C18H14BrCl2N3/c19-16-11(6-9-2-1-3-12(20)7-9)8-13-15(14(16)10-4-5-10)17(22)24-18(21)23-13/h1-3,7-8,10H,4-6H2,(H2,22,23,24). The Morgan fingerprint density at radius 3 is 2.67 bits per heavy atom. The number of rotatable bonds is 3. The second-order valence-corrected chi connectivity index (χ2v) is 7.68. The third kappa shape index (κ3) is 2.99. The molecule has 6 heteroatoms. The van der Waals surface area contributed by atoms with E-state index in [-0.39, 0.29) is 5.28 Å². The molecule has 122 valence electrons. The molecule has 24 heavy (non-hydrogen) atoms. The van der Waals surface area contributed by atoms with Crippen molar-refractivity contribution in [2.24, 2.45) is 0 Å². The zero-order chi connectivity index (χ0) is 16.8. The Bertz CT molecular complexity index is 955. The summed E-state index contributed by atoms with van der Waals surface area (Å²) in [7, 11) is 0. The van der Waals surface area contributed by atoms with E-state index < -0.39 is 0 Å². The third-order valence-corrected chi connectivity index (χ3v) is 5.65. The lowest BCUT2D eigenvalue weighted by atomic mass is 9.97. The maximum atomic E-state index is 6.14. The average Bonchev–Trinajstić information content (AvgIpc) is 3.33. The van der Waals surface area contributed by atoms with Crippen molar-refractivity contribution in [1.82, 2.24) is 9.97 Å². The first-order chi connectivity index (χ1) is 11.5. The van der Waals surface area contributed by atoms with Gasteiger partial charge in [-0.3, -0.25) is 0 Å². The van der Waals surface area contributed by atoms with Gasteiger partial charge in [-0.2, -0.15) is 0 Å². The van der Waals surface area contributed by atoms with Gasteiger partial charge in [0.15, 0.2) is 0 Å². The zero-order valence-corrected chi connectivity index (χ0v) is 15.8. The molecule has 0 spiro atoms. The number of hydrogen-bond donors (Lipinski definition) is 1. The number of nitrogens with zero attached hydrogens (tertiary/aromatic N) is 2. The molecule has 3 aromatic rings. The maximum absolute atomic E-state index is 6.14. The quantitative estimate of drug-likeness (QED) is 0.546. The van der Waals surface area contributed by atoms with Crippen LogP contribution in [0.15, 0.2) is 34.8 Å². The molecule has 2 aromatic carbocycles. The first-order valence-electron chi connectivity index (χ1n) is 7.71. The van der Waals surface area contributed by atoms with E-state index in [0.29, 0.717) is 11.7 Å². The smallest absolute Gasteiger partial charge is 0.224 e. The fourth-order valence-electron chi connectivity index (χ4n) is 3.11. The molecule has 2 N–H and O–H groups in total. The molecular weight excluding hydrogens is 409 g/mol. The molecule has 1 aliphatic carbocycles. The van der Waals surface area contributed by atoms with Crippen LogP contribution in [0.5, 0.6) is 0 Å². The summed E-state index contributed by atoms with van der Waals surface area (Å²) in [5, 5.41) is 1.84. The van der Waals surface area contributed by atoms with Gasteiger partial charge in [0.1, 0.15) is 5.82 Å². The molecule has 0 aliphatic heterocycles. The molecule has 0 amide bonds. The Labute approximate surface area is 158 Å². The van der Waals surface area contributed by atoms with Crippen LogP contribution in [0.25, 0.3) is 10.9 Å². The number of halogens is 3. The highest BCUT2D eigenvalue weighted by Gasteiger charge is 2.30. The van der Waals surface area contributed by atoms with Gasteiger partial charge in [0.05, 0.1) is 5.52 Å². The molecule has 0 atom stereocenters. The molecule has 1 heterocycles. The minimum Gasteiger partial charge on any atom is -0.383 e. The van der Waals surface area contributed by atoms with Crippen molar-refractivity contribution in [3.05, 3.63) is 61.8 Å². The van der Waals surface area contributed by atoms with Crippen LogP contribution in [-0.2, 0) is 6.42 Å². The molecule has 0 radical (unpaired) electrons. The Balaban J connectivity index is 1.91. The van der Waals surface area contributed by atoms with E-state index in [4.69, 9.17) is 28.9 Å². The monoisotopic (exact) mass is 421 g/mol. The molecule has 1 fully saturated rings. The number of aromatic nitrogens is 2. The number of anilines is 1. The van der Waals surface area contributed by atoms with Crippen LogP contribution in [-0.4, -0.2) is 9.97 Å². The Morgan fingerprint density at radius 2 is 1.96 bits per heavy atom. The largest absolute Gasteiger partial charge is 0.383 e. The molecule has 1 aliphatic rings. The van der Waals surface area contributed by atoms with E-state index in [0.717, 1.165) is 50.8 Å². The van der Waals surface area contributed by atoms with Gasteiger partial charge >= 0.3 is 0 Å². The summed E-state index contributed by atoms with van der Waals surface area (Å²) in [5.41, 5.74) is 10.5. The van der Waals surface area contributed by atoms with Crippen molar-refractivity contribution in [2.75, 3.05) is 5.73 Å². The summed E-state index contributed by atoms with van der Waals surface area (Å²) < 4.78 is 1.09. The van der Waals surface area contributed by atoms with Gasteiger partial charge in [-0.25, -0.2) is 9.97 Å². The van der Waals surface area contributed by atoms with Crippen molar-refractivity contribution >= 4 is 55.9 Å². The topological polar surface area (TPSA) is 51.8 Å². The summed E-state index contributed by atoms with van der Waals surface area (Å²) in [6, 6.07) is 9.93. The van der Waals surface area contributed by atoms with Crippen LogP contribution in [0.3, 0.4) is 0 Å². The number of fused-ring (bicyclic) bond motifs is 1. The molecule has 0 unspecified atom stereocenters. The van der Waals surface area contributed by atoms with Crippen molar-refractivity contribution in [3.63, 3.8) is 0 Å². The van der Waals surface area contributed by atoms with Crippen molar-refractivity contribution < 1.29 is 0 Å². The fraction of sp³-hybridized carbons (Fsp3) is 0.222. The van der Waals surface area contributed by atoms with Gasteiger partial charge in [-0.05, 0) is 71.7 Å². The number of benzene rings is 2. The number of nitrogen functional groups attached to an aromatic ring is 1. The van der Waals surface area contributed by atoms with Crippen LogP contribution >= 0.6 is 39.1 Å². The van der Waals surface area contributed by atoms with E-state index >= 15 is 0 Å². The lowest BCUT2D eigenvalue weighted by Gasteiger charge is -2.15. The minimum absolute atomic E-state index is 0.178. The summed E-state index contributed by atoms with van der Waals surface area (Å²) in [6.07, 6.45) is 3.09. The molecule has 1 aromatic heterocycles. The van der Waals surface area contributed by atoms with Gasteiger partial charge in [0.25, 0.3) is 0 Å². The lowest BCUT2D eigenvalue weighted by molar-refractivity contribution is 1.09. The molecule has 0 bridgehead atoms. The van der Waals surface area contributed by atoms with E-state index in [9.17, 15) is 0 Å². The molecule has 4 rings (SSSR count). The predicted octanol–water partition coefficient (Wildman–Crippen LogP) is 5.75.